The van der Waals surface area contributed by atoms with Gasteiger partial charge in [-0.15, -0.1) is 0 Å². The Morgan fingerprint density at radius 2 is 2.40 bits per heavy atom. The first-order valence-corrected chi connectivity index (χ1v) is 2.88. The minimum absolute atomic E-state index is 0.323. The van der Waals surface area contributed by atoms with Crippen molar-refractivity contribution >= 4 is 21.8 Å². The molecule has 31 valence electrons. The summed E-state index contributed by atoms with van der Waals surface area (Å²) >= 11 is 5.08. The van der Waals surface area contributed by atoms with Gasteiger partial charge in [-0.25, -0.2) is 0 Å². The molecule has 0 atom stereocenters. The molecule has 0 unspecified atom stereocenters. The van der Waals surface area contributed by atoms with Crippen LogP contribution in [0.2, 0.25) is 0 Å². The Morgan fingerprint density at radius 1 is 1.80 bits per heavy atom. The molecule has 0 saturated carbocycles. The molecule has 0 aromatic carbocycles. The monoisotopic (exact) mass is 109 g/mol. The van der Waals surface area contributed by atoms with E-state index in [0.29, 0.717) is 6.07 Å². The third kappa shape index (κ3) is 4.47. The van der Waals surface area contributed by atoms with Crippen molar-refractivity contribution in [2.75, 3.05) is 12.3 Å². The van der Waals surface area contributed by atoms with E-state index >= 15 is 0 Å². The van der Waals surface area contributed by atoms with Crippen LogP contribution in [0.4, 0.5) is 0 Å². The predicted molar refractivity (Wildman–Crippen MR) is 25.2 cm³/mol. The smallest absolute Gasteiger partial charge is 0.120 e. The molecule has 0 rings (SSSR count). The topological polar surface area (TPSA) is 9.23 Å². The van der Waals surface area contributed by atoms with Crippen LogP contribution in [-0.4, -0.2) is 22.5 Å². The van der Waals surface area contributed by atoms with Gasteiger partial charge in [-0.2, -0.15) is 0 Å². The van der Waals surface area contributed by atoms with Crippen molar-refractivity contribution in [3.8, 4) is 0 Å². The summed E-state index contributed by atoms with van der Waals surface area (Å²) in [6, 6.07) is 0.323. The lowest BCUT2D eigenvalue weighted by Crippen LogP contribution is -1.87. The van der Waals surface area contributed by atoms with E-state index in [-0.39, 0.29) is 0 Å². The molecule has 0 fully saturated rings. The summed E-state index contributed by atoms with van der Waals surface area (Å²) in [5.74, 6) is 0. The van der Waals surface area contributed by atoms with Crippen LogP contribution in [0.1, 0.15) is 0 Å². The highest BCUT2D eigenvalue weighted by Crippen LogP contribution is 1.71. The van der Waals surface area contributed by atoms with Crippen LogP contribution in [0.5, 0.6) is 0 Å². The predicted octanol–water partition coefficient (Wildman–Crippen LogP) is -0.210. The van der Waals surface area contributed by atoms with E-state index in [4.69, 9.17) is 11.6 Å². The molecule has 0 heterocycles. The van der Waals surface area contributed by atoms with E-state index in [1.807, 2.05) is 0 Å². The van der Waals surface area contributed by atoms with Gasteiger partial charge in [-0.1, -0.05) is 11.6 Å². The molecule has 5 heavy (non-hydrogen) atoms. The summed E-state index contributed by atoms with van der Waals surface area (Å²) in [6.45, 7) is 0. The lowest BCUT2D eigenvalue weighted by molar-refractivity contribution is 0.232. The van der Waals surface area contributed by atoms with Gasteiger partial charge < -0.3 is 4.74 Å². The average molecular weight is 110 g/mol. The minimum atomic E-state index is 0.323. The Labute approximate surface area is 39.7 Å². The third-order valence-corrected chi connectivity index (χ3v) is 0.664. The minimum Gasteiger partial charge on any atom is -0.370 e. The Kier molecular flexibility index (Phi) is 4.88. The maximum absolute atomic E-state index is 5.08. The van der Waals surface area contributed by atoms with E-state index in [0.717, 1.165) is 6.23 Å². The lowest BCUT2D eigenvalue weighted by atomic mass is 11.5. The van der Waals surface area contributed by atoms with Crippen molar-refractivity contribution in [3.63, 3.8) is 0 Å². The molecular weight excluding hydrogens is 104 g/mol. The van der Waals surface area contributed by atoms with Crippen LogP contribution >= 0.6 is 11.6 Å². The van der Waals surface area contributed by atoms with E-state index in [9.17, 15) is 0 Å². The first kappa shape index (κ1) is 5.47. The Bertz CT molecular complexity index is 17.1. The van der Waals surface area contributed by atoms with Gasteiger partial charge in [-0.05, 0) is 0 Å². The second-order valence-electron chi connectivity index (χ2n) is 0.517. The maximum Gasteiger partial charge on any atom is 0.120 e. The molecule has 0 N–H and O–H groups in total. The van der Waals surface area contributed by atoms with E-state index in [1.54, 1.807) is 10.2 Å². The number of hydrogen-bond donors (Lipinski definition) is 0. The highest BCUT2D eigenvalue weighted by molar-refractivity contribution is 6.17. The van der Waals surface area contributed by atoms with Crippen molar-refractivity contribution < 1.29 is 4.74 Å². The van der Waals surface area contributed by atoms with Crippen LogP contribution < -0.4 is 0 Å². The molecule has 0 aliphatic rings. The summed E-state index contributed by atoms with van der Waals surface area (Å²) in [5, 5.41) is 0. The first-order chi connectivity index (χ1) is 2.41. The molecule has 0 aromatic rings. The fraction of sp³-hybridized carbons (Fsp3) is 1.00. The van der Waals surface area contributed by atoms with Crippen molar-refractivity contribution in [2.24, 2.45) is 0 Å². The van der Waals surface area contributed by atoms with Crippen LogP contribution in [-0.2, 0) is 4.74 Å². The van der Waals surface area contributed by atoms with Gasteiger partial charge >= 0.3 is 0 Å². The molecule has 0 bridgehead atoms. The second kappa shape index (κ2) is 4.47. The summed E-state index contributed by atoms with van der Waals surface area (Å²) in [6.07, 6.45) is 0.740. The number of alkyl halides is 1. The third-order valence-electron chi connectivity index (χ3n) is 0.221. The summed E-state index contributed by atoms with van der Waals surface area (Å²) < 4.78 is 4.61. The van der Waals surface area contributed by atoms with E-state index < -0.39 is 0 Å². The number of hydrogen-bond acceptors (Lipinski definition) is 1. The van der Waals surface area contributed by atoms with Gasteiger partial charge in [0.15, 0.2) is 0 Å². The molecule has 3 heteroatoms. The van der Waals surface area contributed by atoms with Crippen LogP contribution in [0.25, 0.3) is 0 Å². The van der Waals surface area contributed by atoms with Gasteiger partial charge in [-0.3, -0.25) is 0 Å². The number of rotatable bonds is 2. The lowest BCUT2D eigenvalue weighted by Gasteiger charge is -1.84. The molecule has 0 saturated heterocycles. The first-order valence-electron chi connectivity index (χ1n) is 1.34. The molecule has 0 aromatic heterocycles. The van der Waals surface area contributed by atoms with Crippen molar-refractivity contribution in [3.05, 3.63) is 0 Å². The molecule has 0 aliphatic heterocycles. The molecular formula is C2H6ClOSi. The second-order valence-corrected chi connectivity index (χ2v) is 1.14. The highest BCUT2D eigenvalue weighted by Gasteiger charge is 1.66. The maximum atomic E-state index is 5.08. The number of halogens is 1. The molecule has 0 amide bonds. The van der Waals surface area contributed by atoms with Crippen molar-refractivity contribution in [1.82, 2.24) is 0 Å². The summed E-state index contributed by atoms with van der Waals surface area (Å²) in [5.41, 5.74) is 0. The van der Waals surface area contributed by atoms with Gasteiger partial charge in [0.2, 0.25) is 0 Å². The largest absolute Gasteiger partial charge is 0.370 e. The highest BCUT2D eigenvalue weighted by atomic mass is 35.5. The normalized spacial score (nSPS) is 8.40. The van der Waals surface area contributed by atoms with E-state index in [2.05, 4.69) is 4.74 Å². The van der Waals surface area contributed by atoms with Gasteiger partial charge in [0.05, 0.1) is 0 Å². The Hall–Kier alpha value is 0.467. The van der Waals surface area contributed by atoms with Crippen molar-refractivity contribution in [1.29, 1.82) is 0 Å². The molecule has 0 aliphatic carbocycles. The average Bonchev–Trinajstić information content (AvgIpc) is 1.41. The fourth-order valence-corrected chi connectivity index (χ4v) is 0.491. The van der Waals surface area contributed by atoms with Gasteiger partial charge in [0.25, 0.3) is 0 Å². The zero-order valence-electron chi connectivity index (χ0n) is 2.91. The zero-order chi connectivity index (χ0) is 4.12. The molecule has 1 radical (unpaired) electrons. The Balaban J connectivity index is 2.19. The molecule has 1 nitrogen and oxygen atoms in total. The molecule has 0 spiro atoms. The van der Waals surface area contributed by atoms with Crippen LogP contribution in [0.3, 0.4) is 0 Å². The van der Waals surface area contributed by atoms with Crippen molar-refractivity contribution in [2.45, 2.75) is 0 Å². The SMILES string of the molecule is [SiH2]COCCl. The zero-order valence-corrected chi connectivity index (χ0v) is 5.08. The summed E-state index contributed by atoms with van der Waals surface area (Å²) in [4.78, 5) is 0. The summed E-state index contributed by atoms with van der Waals surface area (Å²) in [7, 11) is 1.74. The number of ether oxygens (including phenoxy) is 1. The Morgan fingerprint density at radius 3 is 2.40 bits per heavy atom. The quantitative estimate of drug-likeness (QED) is 0.352. The van der Waals surface area contributed by atoms with Gasteiger partial charge in [0, 0.05) is 16.5 Å². The van der Waals surface area contributed by atoms with Gasteiger partial charge in [0.1, 0.15) is 6.07 Å². The standard InChI is InChI=1S/C2H6ClOSi/c3-1-4-2-5/h1-2,5H2. The fourth-order valence-electron chi connectivity index (χ4n) is 0.0546. The van der Waals surface area contributed by atoms with Crippen LogP contribution in [0, 0.1) is 0 Å². The van der Waals surface area contributed by atoms with Crippen LogP contribution in [0.15, 0.2) is 0 Å². The van der Waals surface area contributed by atoms with E-state index in [1.165, 1.54) is 0 Å².